The van der Waals surface area contributed by atoms with E-state index in [1.54, 1.807) is 20.8 Å². The van der Waals surface area contributed by atoms with Crippen molar-refractivity contribution in [3.63, 3.8) is 0 Å². The zero-order chi connectivity index (χ0) is 13.1. The average Bonchev–Trinajstić information content (AvgIpc) is 1.98. The number of rotatable bonds is 3. The van der Waals surface area contributed by atoms with E-state index in [1.165, 1.54) is 6.92 Å². The summed E-state index contributed by atoms with van der Waals surface area (Å²) in [4.78, 5) is 11.1. The summed E-state index contributed by atoms with van der Waals surface area (Å²) in [7, 11) is 0. The van der Waals surface area contributed by atoms with Crippen molar-refractivity contribution in [2.75, 3.05) is 0 Å². The smallest absolute Gasteiger partial charge is 0.343 e. The molecule has 0 aromatic heterocycles. The number of alkyl halides is 3. The third-order valence-corrected chi connectivity index (χ3v) is 1.94. The van der Waals surface area contributed by atoms with Crippen LogP contribution < -0.4 is 11.1 Å². The minimum Gasteiger partial charge on any atom is -0.343 e. The Hall–Kier alpha value is -0.780. The first-order valence-corrected chi connectivity index (χ1v) is 5.06. The van der Waals surface area contributed by atoms with Crippen molar-refractivity contribution in [1.82, 2.24) is 5.32 Å². The molecule has 0 aromatic carbocycles. The Morgan fingerprint density at radius 2 is 1.75 bits per heavy atom. The van der Waals surface area contributed by atoms with Gasteiger partial charge in [-0.1, -0.05) is 20.8 Å². The Bertz CT molecular complexity index is 243. The van der Waals surface area contributed by atoms with Crippen molar-refractivity contribution in [3.8, 4) is 0 Å². The first-order valence-electron chi connectivity index (χ1n) is 5.06. The Morgan fingerprint density at radius 1 is 1.31 bits per heavy atom. The summed E-state index contributed by atoms with van der Waals surface area (Å²) in [6, 6.07) is -2.78. The number of hydrogen-bond acceptors (Lipinski definition) is 2. The monoisotopic (exact) mass is 240 g/mol. The molecular weight excluding hydrogens is 221 g/mol. The Labute approximate surface area is 93.6 Å². The summed E-state index contributed by atoms with van der Waals surface area (Å²) in [5.74, 6) is -0.786. The van der Waals surface area contributed by atoms with Crippen molar-refractivity contribution in [3.05, 3.63) is 0 Å². The van der Waals surface area contributed by atoms with E-state index in [9.17, 15) is 18.0 Å². The van der Waals surface area contributed by atoms with Crippen LogP contribution in [-0.4, -0.2) is 24.2 Å². The van der Waals surface area contributed by atoms with Crippen LogP contribution in [0.4, 0.5) is 13.2 Å². The first-order chi connectivity index (χ1) is 6.93. The lowest BCUT2D eigenvalue weighted by atomic mass is 9.87. The summed E-state index contributed by atoms with van der Waals surface area (Å²) in [5, 5.41) is 1.92. The molecule has 0 heterocycles. The van der Waals surface area contributed by atoms with E-state index < -0.39 is 29.6 Å². The zero-order valence-corrected chi connectivity index (χ0v) is 9.98. The van der Waals surface area contributed by atoms with Crippen molar-refractivity contribution >= 4 is 5.91 Å². The van der Waals surface area contributed by atoms with Gasteiger partial charge in [-0.05, 0) is 18.8 Å². The van der Waals surface area contributed by atoms with Crippen LogP contribution in [0.2, 0.25) is 0 Å². The maximum atomic E-state index is 12.6. The van der Waals surface area contributed by atoms with Crippen molar-refractivity contribution in [2.24, 2.45) is 11.1 Å². The van der Waals surface area contributed by atoms with Gasteiger partial charge in [0.25, 0.3) is 0 Å². The molecule has 0 spiro atoms. The molecule has 3 N–H and O–H groups in total. The Kier molecular flexibility index (Phi) is 4.79. The van der Waals surface area contributed by atoms with E-state index in [0.29, 0.717) is 0 Å². The maximum Gasteiger partial charge on any atom is 0.408 e. The predicted molar refractivity (Wildman–Crippen MR) is 55.7 cm³/mol. The highest BCUT2D eigenvalue weighted by molar-refractivity contribution is 5.81. The molecule has 0 saturated heterocycles. The van der Waals surface area contributed by atoms with Crippen LogP contribution in [0.1, 0.15) is 34.1 Å². The van der Waals surface area contributed by atoms with E-state index in [-0.39, 0.29) is 6.42 Å². The molecule has 1 amide bonds. The topological polar surface area (TPSA) is 55.1 Å². The molecule has 0 bridgehead atoms. The van der Waals surface area contributed by atoms with Crippen molar-refractivity contribution in [2.45, 2.75) is 52.4 Å². The lowest BCUT2D eigenvalue weighted by Gasteiger charge is -2.28. The van der Waals surface area contributed by atoms with Gasteiger partial charge in [0.15, 0.2) is 0 Å². The Balaban J connectivity index is 4.65. The average molecular weight is 240 g/mol. The van der Waals surface area contributed by atoms with Crippen LogP contribution in [0.3, 0.4) is 0 Å². The first kappa shape index (κ1) is 15.2. The van der Waals surface area contributed by atoms with Crippen LogP contribution >= 0.6 is 0 Å². The van der Waals surface area contributed by atoms with Gasteiger partial charge in [-0.3, -0.25) is 4.79 Å². The fourth-order valence-corrected chi connectivity index (χ4v) is 1.16. The summed E-state index contributed by atoms with van der Waals surface area (Å²) in [5.41, 5.74) is 4.69. The number of carbonyl (C=O) groups excluding carboxylic acids is 1. The highest BCUT2D eigenvalue weighted by Gasteiger charge is 2.42. The lowest BCUT2D eigenvalue weighted by Crippen LogP contribution is -2.51. The van der Waals surface area contributed by atoms with E-state index in [1.807, 2.05) is 5.32 Å². The summed E-state index contributed by atoms with van der Waals surface area (Å²) in [6.07, 6.45) is -4.62. The van der Waals surface area contributed by atoms with Crippen LogP contribution in [0.25, 0.3) is 0 Å². The summed E-state index contributed by atoms with van der Waals surface area (Å²) >= 11 is 0. The maximum absolute atomic E-state index is 12.6. The predicted octanol–water partition coefficient (Wildman–Crippen LogP) is 1.82. The third kappa shape index (κ3) is 5.95. The molecule has 0 aliphatic carbocycles. The molecule has 0 radical (unpaired) electrons. The number of hydrogen-bond donors (Lipinski definition) is 2. The molecule has 16 heavy (non-hydrogen) atoms. The second kappa shape index (κ2) is 5.03. The molecule has 0 aliphatic rings. The Morgan fingerprint density at radius 3 is 2.00 bits per heavy atom. The van der Waals surface area contributed by atoms with Gasteiger partial charge in [-0.2, -0.15) is 13.2 Å². The number of nitrogens with one attached hydrogen (secondary N) is 1. The molecule has 0 saturated carbocycles. The number of amides is 1. The summed E-state index contributed by atoms with van der Waals surface area (Å²) in [6.45, 7) is 6.40. The minimum atomic E-state index is -4.45. The molecule has 2 unspecified atom stereocenters. The zero-order valence-electron chi connectivity index (χ0n) is 9.98. The second-order valence-corrected chi connectivity index (χ2v) is 5.16. The van der Waals surface area contributed by atoms with Crippen LogP contribution in [0.15, 0.2) is 0 Å². The van der Waals surface area contributed by atoms with Gasteiger partial charge < -0.3 is 11.1 Å². The van der Waals surface area contributed by atoms with Crippen LogP contribution in [0, 0.1) is 5.41 Å². The molecular formula is C10H19F3N2O. The SMILES string of the molecule is CC(N)C(=O)NC(CC(C)(C)C)C(F)(F)F. The van der Waals surface area contributed by atoms with Crippen molar-refractivity contribution in [1.29, 1.82) is 0 Å². The van der Waals surface area contributed by atoms with E-state index in [4.69, 9.17) is 5.73 Å². The number of carbonyl (C=O) groups is 1. The number of nitrogens with two attached hydrogens (primary N) is 1. The van der Waals surface area contributed by atoms with Gasteiger partial charge in [-0.15, -0.1) is 0 Å². The molecule has 0 fully saturated rings. The molecule has 96 valence electrons. The number of halogens is 3. The fourth-order valence-electron chi connectivity index (χ4n) is 1.16. The fraction of sp³-hybridized carbons (Fsp3) is 0.900. The standard InChI is InChI=1S/C10H19F3N2O/c1-6(14)8(16)15-7(10(11,12)13)5-9(2,3)4/h6-7H,5,14H2,1-4H3,(H,15,16). The quantitative estimate of drug-likeness (QED) is 0.790. The molecule has 3 nitrogen and oxygen atoms in total. The third-order valence-electron chi connectivity index (χ3n) is 1.94. The van der Waals surface area contributed by atoms with Gasteiger partial charge in [0.2, 0.25) is 5.91 Å². The highest BCUT2D eigenvalue weighted by Crippen LogP contribution is 2.30. The highest BCUT2D eigenvalue weighted by atomic mass is 19.4. The summed E-state index contributed by atoms with van der Waals surface area (Å²) < 4.78 is 37.9. The van der Waals surface area contributed by atoms with E-state index in [0.717, 1.165) is 0 Å². The van der Waals surface area contributed by atoms with Gasteiger partial charge in [0.05, 0.1) is 6.04 Å². The normalized spacial score (nSPS) is 16.8. The minimum absolute atomic E-state index is 0.172. The van der Waals surface area contributed by atoms with E-state index in [2.05, 4.69) is 0 Å². The molecule has 6 heteroatoms. The molecule has 0 rings (SSSR count). The molecule has 2 atom stereocenters. The molecule has 0 aromatic rings. The van der Waals surface area contributed by atoms with E-state index >= 15 is 0 Å². The lowest BCUT2D eigenvalue weighted by molar-refractivity contribution is -0.167. The van der Waals surface area contributed by atoms with Crippen LogP contribution in [-0.2, 0) is 4.79 Å². The van der Waals surface area contributed by atoms with Crippen LogP contribution in [0.5, 0.6) is 0 Å². The van der Waals surface area contributed by atoms with Gasteiger partial charge >= 0.3 is 6.18 Å². The van der Waals surface area contributed by atoms with Gasteiger partial charge in [0, 0.05) is 0 Å². The largest absolute Gasteiger partial charge is 0.408 e. The molecule has 0 aliphatic heterocycles. The second-order valence-electron chi connectivity index (χ2n) is 5.16. The van der Waals surface area contributed by atoms with Gasteiger partial charge in [-0.25, -0.2) is 0 Å². The van der Waals surface area contributed by atoms with Crippen molar-refractivity contribution < 1.29 is 18.0 Å². The van der Waals surface area contributed by atoms with Gasteiger partial charge in [0.1, 0.15) is 6.04 Å².